The molecule has 142 valence electrons. The van der Waals surface area contributed by atoms with Gasteiger partial charge in [0, 0.05) is 38.8 Å². The minimum absolute atomic E-state index is 0.0795. The van der Waals surface area contributed by atoms with Gasteiger partial charge in [0.15, 0.2) is 0 Å². The molecule has 1 aliphatic heterocycles. The first kappa shape index (κ1) is 18.9. The van der Waals surface area contributed by atoms with Crippen LogP contribution in [0.2, 0.25) is 0 Å². The van der Waals surface area contributed by atoms with Crippen molar-refractivity contribution < 1.29 is 14.7 Å². The molecule has 6 heteroatoms. The van der Waals surface area contributed by atoms with Crippen molar-refractivity contribution in [2.75, 3.05) is 19.6 Å². The fourth-order valence-electron chi connectivity index (χ4n) is 3.36. The molecule has 1 fully saturated rings. The van der Waals surface area contributed by atoms with Crippen molar-refractivity contribution in [2.24, 2.45) is 0 Å². The number of hydrogen-bond acceptors (Lipinski definition) is 3. The second kappa shape index (κ2) is 8.68. The van der Waals surface area contributed by atoms with Gasteiger partial charge < -0.3 is 15.3 Å². The number of aromatic carboxylic acids is 1. The number of rotatable bonds is 5. The molecule has 0 aliphatic carbocycles. The minimum Gasteiger partial charge on any atom is -0.478 e. The summed E-state index contributed by atoms with van der Waals surface area (Å²) in [6.07, 6.45) is 0. The number of piperazine rings is 1. The van der Waals surface area contributed by atoms with E-state index in [9.17, 15) is 9.59 Å². The van der Waals surface area contributed by atoms with Crippen LogP contribution in [0.25, 0.3) is 0 Å². The zero-order chi connectivity index (χ0) is 19.2. The third kappa shape index (κ3) is 5.08. The minimum atomic E-state index is -0.951. The van der Waals surface area contributed by atoms with Gasteiger partial charge >= 0.3 is 12.0 Å². The van der Waals surface area contributed by atoms with E-state index in [4.69, 9.17) is 5.11 Å². The fourth-order valence-corrected chi connectivity index (χ4v) is 3.36. The SMILES string of the molecule is CC1CN(Cc2ccccc2)CCN1C(=O)NCc1ccc(C(=O)O)cc1. The lowest BCUT2D eigenvalue weighted by atomic mass is 10.1. The van der Waals surface area contributed by atoms with Gasteiger partial charge in [-0.3, -0.25) is 4.90 Å². The first-order chi connectivity index (χ1) is 13.0. The van der Waals surface area contributed by atoms with Crippen LogP contribution in [0, 0.1) is 0 Å². The molecule has 1 aliphatic rings. The van der Waals surface area contributed by atoms with Crippen molar-refractivity contribution >= 4 is 12.0 Å². The van der Waals surface area contributed by atoms with Gasteiger partial charge in [-0.05, 0) is 30.2 Å². The topological polar surface area (TPSA) is 72.9 Å². The summed E-state index contributed by atoms with van der Waals surface area (Å²) in [5.41, 5.74) is 2.41. The summed E-state index contributed by atoms with van der Waals surface area (Å²) < 4.78 is 0. The lowest BCUT2D eigenvalue weighted by Gasteiger charge is -2.39. The van der Waals surface area contributed by atoms with Crippen LogP contribution in [0.4, 0.5) is 4.79 Å². The number of carbonyl (C=O) groups is 2. The summed E-state index contributed by atoms with van der Waals surface area (Å²) in [6, 6.07) is 17.0. The Hall–Kier alpha value is -2.86. The predicted octanol–water partition coefficient (Wildman–Crippen LogP) is 2.80. The maximum atomic E-state index is 12.5. The molecule has 6 nitrogen and oxygen atoms in total. The van der Waals surface area contributed by atoms with Crippen LogP contribution in [0.5, 0.6) is 0 Å². The van der Waals surface area contributed by atoms with Crippen LogP contribution >= 0.6 is 0 Å². The predicted molar refractivity (Wildman–Crippen MR) is 104 cm³/mol. The van der Waals surface area contributed by atoms with Crippen LogP contribution in [0.1, 0.15) is 28.4 Å². The first-order valence-electron chi connectivity index (χ1n) is 9.16. The van der Waals surface area contributed by atoms with Gasteiger partial charge in [-0.15, -0.1) is 0 Å². The molecule has 1 heterocycles. The van der Waals surface area contributed by atoms with E-state index in [0.717, 1.165) is 25.2 Å². The molecule has 0 bridgehead atoms. The third-order valence-corrected chi connectivity index (χ3v) is 4.87. The highest BCUT2D eigenvalue weighted by molar-refractivity contribution is 5.87. The number of carboxylic acid groups (broad SMARTS) is 1. The van der Waals surface area contributed by atoms with E-state index in [2.05, 4.69) is 29.3 Å². The highest BCUT2D eigenvalue weighted by atomic mass is 16.4. The molecule has 1 unspecified atom stereocenters. The Bertz CT molecular complexity index is 777. The number of hydrogen-bond donors (Lipinski definition) is 2. The second-order valence-electron chi connectivity index (χ2n) is 6.92. The van der Waals surface area contributed by atoms with Crippen molar-refractivity contribution in [3.63, 3.8) is 0 Å². The van der Waals surface area contributed by atoms with Gasteiger partial charge in [0.1, 0.15) is 0 Å². The fraction of sp³-hybridized carbons (Fsp3) is 0.333. The van der Waals surface area contributed by atoms with Gasteiger partial charge in [0.05, 0.1) is 5.56 Å². The molecule has 3 rings (SSSR count). The molecule has 1 saturated heterocycles. The summed E-state index contributed by atoms with van der Waals surface area (Å²) >= 11 is 0. The Kier molecular flexibility index (Phi) is 6.08. The summed E-state index contributed by atoms with van der Waals surface area (Å²) in [6.45, 7) is 5.73. The smallest absolute Gasteiger partial charge is 0.335 e. The van der Waals surface area contributed by atoms with E-state index < -0.39 is 5.97 Å². The molecule has 0 spiro atoms. The van der Waals surface area contributed by atoms with Gasteiger partial charge in [-0.25, -0.2) is 9.59 Å². The highest BCUT2D eigenvalue weighted by Crippen LogP contribution is 2.13. The van der Waals surface area contributed by atoms with Crippen molar-refractivity contribution in [2.45, 2.75) is 26.1 Å². The quantitative estimate of drug-likeness (QED) is 0.852. The molecule has 2 N–H and O–H groups in total. The van der Waals surface area contributed by atoms with Crippen molar-refractivity contribution in [1.82, 2.24) is 15.1 Å². The monoisotopic (exact) mass is 367 g/mol. The molecule has 0 saturated carbocycles. The normalized spacial score (nSPS) is 17.5. The summed E-state index contributed by atoms with van der Waals surface area (Å²) in [5, 5.41) is 11.9. The molecule has 2 aromatic rings. The number of carbonyl (C=O) groups excluding carboxylic acids is 1. The van der Waals surface area contributed by atoms with Gasteiger partial charge in [0.25, 0.3) is 0 Å². The molecule has 0 aromatic heterocycles. The molecule has 27 heavy (non-hydrogen) atoms. The zero-order valence-electron chi connectivity index (χ0n) is 15.5. The Labute approximate surface area is 159 Å². The number of carboxylic acids is 1. The number of nitrogens with zero attached hydrogens (tertiary/aromatic N) is 2. The van der Waals surface area contributed by atoms with Gasteiger partial charge in [-0.1, -0.05) is 42.5 Å². The van der Waals surface area contributed by atoms with E-state index in [1.54, 1.807) is 24.3 Å². The molecular formula is C21H25N3O3. The van der Waals surface area contributed by atoms with E-state index in [1.165, 1.54) is 5.56 Å². The molecule has 2 aromatic carbocycles. The molecule has 1 atom stereocenters. The largest absolute Gasteiger partial charge is 0.478 e. The van der Waals surface area contributed by atoms with Crippen molar-refractivity contribution in [3.05, 3.63) is 71.3 Å². The molecule has 2 amide bonds. The van der Waals surface area contributed by atoms with Crippen LogP contribution in [0.15, 0.2) is 54.6 Å². The van der Waals surface area contributed by atoms with Crippen LogP contribution in [-0.4, -0.2) is 52.6 Å². The number of nitrogens with one attached hydrogen (secondary N) is 1. The van der Waals surface area contributed by atoms with E-state index in [-0.39, 0.29) is 17.6 Å². The lowest BCUT2D eigenvalue weighted by molar-refractivity contribution is 0.0696. The summed E-state index contributed by atoms with van der Waals surface area (Å²) in [4.78, 5) is 27.6. The lowest BCUT2D eigenvalue weighted by Crippen LogP contribution is -2.56. The Morgan fingerprint density at radius 1 is 1.04 bits per heavy atom. The highest BCUT2D eigenvalue weighted by Gasteiger charge is 2.27. The molecule has 0 radical (unpaired) electrons. The van der Waals surface area contributed by atoms with Crippen molar-refractivity contribution in [1.29, 1.82) is 0 Å². The van der Waals surface area contributed by atoms with Crippen LogP contribution in [-0.2, 0) is 13.1 Å². The molecular weight excluding hydrogens is 342 g/mol. The van der Waals surface area contributed by atoms with E-state index in [1.807, 2.05) is 23.1 Å². The standard InChI is InChI=1S/C21H25N3O3/c1-16-14-23(15-18-5-3-2-4-6-18)11-12-24(16)21(27)22-13-17-7-9-19(10-8-17)20(25)26/h2-10,16H,11-15H2,1H3,(H,22,27)(H,25,26). The maximum absolute atomic E-state index is 12.5. The summed E-state index contributed by atoms with van der Waals surface area (Å²) in [7, 11) is 0. The second-order valence-corrected chi connectivity index (χ2v) is 6.92. The van der Waals surface area contributed by atoms with Crippen molar-refractivity contribution in [3.8, 4) is 0 Å². The average molecular weight is 367 g/mol. The van der Waals surface area contributed by atoms with E-state index >= 15 is 0 Å². The maximum Gasteiger partial charge on any atom is 0.335 e. The summed E-state index contributed by atoms with van der Waals surface area (Å²) in [5.74, 6) is -0.951. The van der Waals surface area contributed by atoms with Gasteiger partial charge in [0.2, 0.25) is 0 Å². The number of amides is 2. The average Bonchev–Trinajstić information content (AvgIpc) is 2.67. The Morgan fingerprint density at radius 2 is 1.74 bits per heavy atom. The van der Waals surface area contributed by atoms with Gasteiger partial charge in [-0.2, -0.15) is 0 Å². The van der Waals surface area contributed by atoms with Crippen LogP contribution < -0.4 is 5.32 Å². The third-order valence-electron chi connectivity index (χ3n) is 4.87. The number of urea groups is 1. The number of benzene rings is 2. The van der Waals surface area contributed by atoms with Crippen LogP contribution in [0.3, 0.4) is 0 Å². The Balaban J connectivity index is 1.48. The first-order valence-corrected chi connectivity index (χ1v) is 9.16. The Morgan fingerprint density at radius 3 is 2.37 bits per heavy atom. The zero-order valence-corrected chi connectivity index (χ0v) is 15.5. The van der Waals surface area contributed by atoms with E-state index in [0.29, 0.717) is 13.1 Å².